The number of nitrogens with one attached hydrogen (secondary N) is 1. The van der Waals surface area contributed by atoms with Gasteiger partial charge in [0.1, 0.15) is 16.9 Å². The summed E-state index contributed by atoms with van der Waals surface area (Å²) in [7, 11) is 0. The topological polar surface area (TPSA) is 83.7 Å². The van der Waals surface area contributed by atoms with Crippen LogP contribution < -0.4 is 5.32 Å². The van der Waals surface area contributed by atoms with Crippen LogP contribution in [0.5, 0.6) is 0 Å². The molecular weight excluding hydrogens is 258 g/mol. The second-order valence-corrected chi connectivity index (χ2v) is 5.31. The molecule has 3 rings (SSSR count). The Hall–Kier alpha value is -2.37. The van der Waals surface area contributed by atoms with Crippen molar-refractivity contribution in [1.29, 1.82) is 0 Å². The third-order valence-corrected chi connectivity index (χ3v) is 3.86. The van der Waals surface area contributed by atoms with Crippen molar-refractivity contribution < 1.29 is 14.7 Å². The Morgan fingerprint density at radius 1 is 1.45 bits per heavy atom. The van der Waals surface area contributed by atoms with Crippen molar-refractivity contribution in [2.75, 3.05) is 0 Å². The SMILES string of the molecule is CC(NC(=O)c1cnc2ccccn12)(C(=O)O)C1CC1. The van der Waals surface area contributed by atoms with E-state index in [2.05, 4.69) is 10.3 Å². The van der Waals surface area contributed by atoms with E-state index in [1.54, 1.807) is 29.7 Å². The van der Waals surface area contributed by atoms with Gasteiger partial charge in [0.25, 0.3) is 5.91 Å². The highest BCUT2D eigenvalue weighted by atomic mass is 16.4. The molecule has 6 nitrogen and oxygen atoms in total. The number of carboxylic acids is 1. The van der Waals surface area contributed by atoms with Crippen molar-refractivity contribution in [2.45, 2.75) is 25.3 Å². The van der Waals surface area contributed by atoms with Crippen LogP contribution in [0.3, 0.4) is 0 Å². The van der Waals surface area contributed by atoms with Crippen LogP contribution in [-0.4, -0.2) is 31.9 Å². The summed E-state index contributed by atoms with van der Waals surface area (Å²) in [6, 6.07) is 5.41. The van der Waals surface area contributed by atoms with E-state index in [1.807, 2.05) is 6.07 Å². The average Bonchev–Trinajstić information content (AvgIpc) is 3.18. The smallest absolute Gasteiger partial charge is 0.329 e. The molecule has 20 heavy (non-hydrogen) atoms. The zero-order valence-corrected chi connectivity index (χ0v) is 11.0. The maximum Gasteiger partial charge on any atom is 0.329 e. The molecule has 0 saturated heterocycles. The van der Waals surface area contributed by atoms with E-state index in [0.717, 1.165) is 12.8 Å². The monoisotopic (exact) mass is 273 g/mol. The number of fused-ring (bicyclic) bond motifs is 1. The molecule has 104 valence electrons. The van der Waals surface area contributed by atoms with Gasteiger partial charge in [-0.25, -0.2) is 9.78 Å². The maximum absolute atomic E-state index is 12.3. The van der Waals surface area contributed by atoms with Gasteiger partial charge in [0.05, 0.1) is 6.20 Å². The zero-order valence-electron chi connectivity index (χ0n) is 11.0. The van der Waals surface area contributed by atoms with Gasteiger partial charge in [0, 0.05) is 6.20 Å². The Labute approximate surface area is 115 Å². The Bertz CT molecular complexity index is 690. The summed E-state index contributed by atoms with van der Waals surface area (Å²) in [4.78, 5) is 27.9. The molecule has 1 unspecified atom stereocenters. The third kappa shape index (κ3) is 1.93. The molecule has 1 aliphatic rings. The van der Waals surface area contributed by atoms with Gasteiger partial charge in [0.15, 0.2) is 0 Å². The van der Waals surface area contributed by atoms with Crippen molar-refractivity contribution in [3.05, 3.63) is 36.3 Å². The van der Waals surface area contributed by atoms with Crippen LogP contribution in [0.1, 0.15) is 30.3 Å². The molecule has 1 saturated carbocycles. The molecule has 2 aromatic heterocycles. The number of nitrogens with zero attached hydrogens (tertiary/aromatic N) is 2. The fraction of sp³-hybridized carbons (Fsp3) is 0.357. The minimum absolute atomic E-state index is 0.00290. The molecule has 0 aromatic carbocycles. The predicted molar refractivity (Wildman–Crippen MR) is 71.4 cm³/mol. The van der Waals surface area contributed by atoms with E-state index in [9.17, 15) is 14.7 Å². The van der Waals surface area contributed by atoms with Gasteiger partial charge in [-0.15, -0.1) is 0 Å². The van der Waals surface area contributed by atoms with Crippen LogP contribution in [0.15, 0.2) is 30.6 Å². The van der Waals surface area contributed by atoms with Gasteiger partial charge < -0.3 is 10.4 Å². The summed E-state index contributed by atoms with van der Waals surface area (Å²) in [6.45, 7) is 1.56. The normalized spacial score (nSPS) is 17.6. The Morgan fingerprint density at radius 2 is 2.20 bits per heavy atom. The lowest BCUT2D eigenvalue weighted by Gasteiger charge is -2.25. The minimum Gasteiger partial charge on any atom is -0.480 e. The van der Waals surface area contributed by atoms with Crippen molar-refractivity contribution in [3.63, 3.8) is 0 Å². The molecule has 2 heterocycles. The summed E-state index contributed by atoms with van der Waals surface area (Å²) >= 11 is 0. The van der Waals surface area contributed by atoms with E-state index >= 15 is 0 Å². The van der Waals surface area contributed by atoms with Crippen LogP contribution in [0.25, 0.3) is 5.65 Å². The number of hydrogen-bond acceptors (Lipinski definition) is 3. The number of hydrogen-bond donors (Lipinski definition) is 2. The van der Waals surface area contributed by atoms with Crippen molar-refractivity contribution in [1.82, 2.24) is 14.7 Å². The van der Waals surface area contributed by atoms with Gasteiger partial charge in [-0.3, -0.25) is 9.20 Å². The molecule has 0 bridgehead atoms. The molecule has 0 spiro atoms. The number of carbonyl (C=O) groups is 2. The Morgan fingerprint density at radius 3 is 2.85 bits per heavy atom. The molecule has 0 aliphatic heterocycles. The predicted octanol–water partition coefficient (Wildman–Crippen LogP) is 1.32. The van der Waals surface area contributed by atoms with E-state index in [4.69, 9.17) is 0 Å². The van der Waals surface area contributed by atoms with Gasteiger partial charge in [0.2, 0.25) is 0 Å². The second-order valence-electron chi connectivity index (χ2n) is 5.31. The standard InChI is InChI=1S/C14H15N3O3/c1-14(13(19)20,9-5-6-9)16-12(18)10-8-15-11-4-2-3-7-17(10)11/h2-4,7-9H,5-6H2,1H3,(H,16,18)(H,19,20). The lowest BCUT2D eigenvalue weighted by atomic mass is 9.96. The second kappa shape index (κ2) is 4.33. The number of carbonyl (C=O) groups excluding carboxylic acids is 1. The molecule has 1 atom stereocenters. The molecule has 1 amide bonds. The third-order valence-electron chi connectivity index (χ3n) is 3.86. The fourth-order valence-corrected chi connectivity index (χ4v) is 2.39. The highest BCUT2D eigenvalue weighted by molar-refractivity contribution is 5.97. The minimum atomic E-state index is -1.21. The zero-order chi connectivity index (χ0) is 14.3. The lowest BCUT2D eigenvalue weighted by molar-refractivity contribution is -0.144. The summed E-state index contributed by atoms with van der Waals surface area (Å²) in [6.07, 6.45) is 4.85. The Balaban J connectivity index is 1.91. The number of amides is 1. The van der Waals surface area contributed by atoms with Crippen molar-refractivity contribution in [2.24, 2.45) is 5.92 Å². The largest absolute Gasteiger partial charge is 0.480 e. The van der Waals surface area contributed by atoms with Crippen LogP contribution >= 0.6 is 0 Å². The highest BCUT2D eigenvalue weighted by Crippen LogP contribution is 2.39. The number of pyridine rings is 1. The first-order valence-electron chi connectivity index (χ1n) is 6.50. The maximum atomic E-state index is 12.3. The number of carboxylic acid groups (broad SMARTS) is 1. The van der Waals surface area contributed by atoms with Gasteiger partial charge >= 0.3 is 5.97 Å². The van der Waals surface area contributed by atoms with Crippen LogP contribution in [-0.2, 0) is 4.79 Å². The van der Waals surface area contributed by atoms with Gasteiger partial charge in [-0.1, -0.05) is 6.07 Å². The first-order chi connectivity index (χ1) is 9.52. The van der Waals surface area contributed by atoms with E-state index in [0.29, 0.717) is 11.3 Å². The number of aromatic nitrogens is 2. The number of rotatable bonds is 4. The molecule has 2 N–H and O–H groups in total. The molecule has 1 fully saturated rings. The van der Waals surface area contributed by atoms with E-state index in [-0.39, 0.29) is 5.92 Å². The Kier molecular flexibility index (Phi) is 2.74. The first-order valence-corrected chi connectivity index (χ1v) is 6.50. The van der Waals surface area contributed by atoms with Crippen molar-refractivity contribution in [3.8, 4) is 0 Å². The average molecular weight is 273 g/mol. The van der Waals surface area contributed by atoms with Crippen LogP contribution in [0.2, 0.25) is 0 Å². The van der Waals surface area contributed by atoms with Crippen LogP contribution in [0.4, 0.5) is 0 Å². The molecule has 2 aromatic rings. The molecular formula is C14H15N3O3. The lowest BCUT2D eigenvalue weighted by Crippen LogP contribution is -2.54. The number of imidazole rings is 1. The van der Waals surface area contributed by atoms with E-state index < -0.39 is 17.4 Å². The summed E-state index contributed by atoms with van der Waals surface area (Å²) < 4.78 is 1.64. The van der Waals surface area contributed by atoms with Crippen LogP contribution in [0, 0.1) is 5.92 Å². The van der Waals surface area contributed by atoms with Crippen molar-refractivity contribution >= 4 is 17.5 Å². The summed E-state index contributed by atoms with van der Waals surface area (Å²) in [5.41, 5.74) is -0.217. The molecule has 6 heteroatoms. The quantitative estimate of drug-likeness (QED) is 0.880. The van der Waals surface area contributed by atoms with E-state index in [1.165, 1.54) is 6.20 Å². The number of aliphatic carboxylic acids is 1. The summed E-state index contributed by atoms with van der Waals surface area (Å²) in [5, 5.41) is 12.0. The van der Waals surface area contributed by atoms with Gasteiger partial charge in [-0.2, -0.15) is 0 Å². The highest BCUT2D eigenvalue weighted by Gasteiger charge is 2.48. The first kappa shape index (κ1) is 12.7. The fourth-order valence-electron chi connectivity index (χ4n) is 2.39. The van der Waals surface area contributed by atoms with Gasteiger partial charge in [-0.05, 0) is 37.8 Å². The summed E-state index contributed by atoms with van der Waals surface area (Å²) in [5.74, 6) is -1.41. The molecule has 1 aliphatic carbocycles. The molecule has 0 radical (unpaired) electrons.